The van der Waals surface area contributed by atoms with E-state index in [2.05, 4.69) is 6.07 Å². The molecule has 0 radical (unpaired) electrons. The third kappa shape index (κ3) is 3.50. The first-order valence-electron chi connectivity index (χ1n) is 8.09. The summed E-state index contributed by atoms with van der Waals surface area (Å²) in [5.74, 6) is -0.510. The fourth-order valence-electron chi connectivity index (χ4n) is 2.89. The zero-order valence-electron chi connectivity index (χ0n) is 15.3. The van der Waals surface area contributed by atoms with Crippen molar-refractivity contribution in [3.63, 3.8) is 0 Å². The van der Waals surface area contributed by atoms with Crippen molar-refractivity contribution >= 4 is 17.3 Å². The SMILES string of the molecule is CCN(CC(=O)c1c(N)n(C)c(=O)n(C)c1=O)c1cc(C)cc(C)c1. The van der Waals surface area contributed by atoms with Gasteiger partial charge in [0.15, 0.2) is 5.78 Å². The maximum absolute atomic E-state index is 12.8. The van der Waals surface area contributed by atoms with Gasteiger partial charge >= 0.3 is 5.69 Å². The zero-order chi connectivity index (χ0) is 18.9. The number of carbonyl (C=O) groups excluding carboxylic acids is 1. The van der Waals surface area contributed by atoms with Crippen LogP contribution in [0.3, 0.4) is 0 Å². The summed E-state index contributed by atoms with van der Waals surface area (Å²) in [6.45, 7) is 6.53. The molecule has 25 heavy (non-hydrogen) atoms. The Labute approximate surface area is 146 Å². The fraction of sp³-hybridized carbons (Fsp3) is 0.389. The van der Waals surface area contributed by atoms with Crippen LogP contribution in [0.1, 0.15) is 28.4 Å². The van der Waals surface area contributed by atoms with E-state index in [0.29, 0.717) is 6.54 Å². The summed E-state index contributed by atoms with van der Waals surface area (Å²) >= 11 is 0. The van der Waals surface area contributed by atoms with Crippen LogP contribution in [-0.4, -0.2) is 28.0 Å². The number of rotatable bonds is 5. The van der Waals surface area contributed by atoms with Gasteiger partial charge in [-0.3, -0.25) is 18.7 Å². The molecule has 7 nitrogen and oxygen atoms in total. The number of ketones is 1. The lowest BCUT2D eigenvalue weighted by molar-refractivity contribution is 0.0997. The molecule has 2 aromatic rings. The number of nitrogens with zero attached hydrogens (tertiary/aromatic N) is 3. The molecule has 1 aromatic carbocycles. The number of nitrogen functional groups attached to an aromatic ring is 1. The Morgan fingerprint density at radius 3 is 2.16 bits per heavy atom. The molecule has 0 fully saturated rings. The van der Waals surface area contributed by atoms with Crippen LogP contribution in [0.15, 0.2) is 27.8 Å². The van der Waals surface area contributed by atoms with Gasteiger partial charge in [0.25, 0.3) is 5.56 Å². The fourth-order valence-corrected chi connectivity index (χ4v) is 2.89. The molecule has 0 unspecified atom stereocenters. The second kappa shape index (κ2) is 6.96. The molecule has 0 aliphatic rings. The molecule has 0 bridgehead atoms. The zero-order valence-corrected chi connectivity index (χ0v) is 15.3. The van der Waals surface area contributed by atoms with Crippen LogP contribution in [0.2, 0.25) is 0 Å². The minimum Gasteiger partial charge on any atom is -0.384 e. The molecule has 0 aliphatic heterocycles. The highest BCUT2D eigenvalue weighted by atomic mass is 16.2. The molecule has 2 rings (SSSR count). The third-order valence-electron chi connectivity index (χ3n) is 4.28. The van der Waals surface area contributed by atoms with E-state index in [1.807, 2.05) is 37.8 Å². The van der Waals surface area contributed by atoms with Crippen LogP contribution >= 0.6 is 0 Å². The predicted octanol–water partition coefficient (Wildman–Crippen LogP) is 0.992. The molecular formula is C18H24N4O3. The van der Waals surface area contributed by atoms with E-state index >= 15 is 0 Å². The highest BCUT2D eigenvalue weighted by Crippen LogP contribution is 2.19. The highest BCUT2D eigenvalue weighted by molar-refractivity contribution is 6.02. The molecule has 1 aromatic heterocycles. The second-order valence-electron chi connectivity index (χ2n) is 6.25. The monoisotopic (exact) mass is 344 g/mol. The molecule has 0 saturated carbocycles. The summed E-state index contributed by atoms with van der Waals surface area (Å²) in [7, 11) is 2.78. The lowest BCUT2D eigenvalue weighted by atomic mass is 10.1. The molecule has 0 saturated heterocycles. The highest BCUT2D eigenvalue weighted by Gasteiger charge is 2.22. The number of likely N-dealkylation sites (N-methyl/N-ethyl adjacent to an activating group) is 1. The van der Waals surface area contributed by atoms with Crippen LogP contribution in [-0.2, 0) is 14.1 Å². The Morgan fingerprint density at radius 2 is 1.64 bits per heavy atom. The average molecular weight is 344 g/mol. The molecule has 1 heterocycles. The van der Waals surface area contributed by atoms with Gasteiger partial charge in [-0.2, -0.15) is 0 Å². The van der Waals surface area contributed by atoms with Gasteiger partial charge in [-0.15, -0.1) is 0 Å². The summed E-state index contributed by atoms with van der Waals surface area (Å²) in [6.07, 6.45) is 0. The van der Waals surface area contributed by atoms with Gasteiger partial charge in [-0.1, -0.05) is 6.07 Å². The minimum atomic E-state index is -0.665. The van der Waals surface area contributed by atoms with Crippen LogP contribution in [0.5, 0.6) is 0 Å². The summed E-state index contributed by atoms with van der Waals surface area (Å²) < 4.78 is 2.01. The van der Waals surface area contributed by atoms with Crippen molar-refractivity contribution in [2.75, 3.05) is 23.7 Å². The van der Waals surface area contributed by atoms with Gasteiger partial charge in [-0.05, 0) is 44.0 Å². The van der Waals surface area contributed by atoms with Crippen molar-refractivity contribution in [2.24, 2.45) is 14.1 Å². The van der Waals surface area contributed by atoms with E-state index in [4.69, 9.17) is 5.73 Å². The number of Topliss-reactive ketones (excluding diaryl/α,β-unsaturated/α-hetero) is 1. The van der Waals surface area contributed by atoms with Crippen LogP contribution in [0.4, 0.5) is 11.5 Å². The summed E-state index contributed by atoms with van der Waals surface area (Å²) in [5.41, 5.74) is 7.61. The standard InChI is InChI=1S/C18H24N4O3/c1-6-22(13-8-11(2)7-12(3)9-13)10-14(23)15-16(19)20(4)18(25)21(5)17(15)24/h7-9H,6,10,19H2,1-5H3. The summed E-state index contributed by atoms with van der Waals surface area (Å²) in [5, 5.41) is 0. The van der Waals surface area contributed by atoms with Crippen LogP contribution in [0, 0.1) is 13.8 Å². The van der Waals surface area contributed by atoms with Crippen molar-refractivity contribution in [1.82, 2.24) is 9.13 Å². The van der Waals surface area contributed by atoms with Gasteiger partial charge in [0.1, 0.15) is 11.4 Å². The molecule has 7 heteroatoms. The predicted molar refractivity (Wildman–Crippen MR) is 99.5 cm³/mol. The lowest BCUT2D eigenvalue weighted by Crippen LogP contribution is -2.43. The number of nitrogens with two attached hydrogens (primary N) is 1. The van der Waals surface area contributed by atoms with E-state index in [1.54, 1.807) is 0 Å². The topological polar surface area (TPSA) is 90.3 Å². The third-order valence-corrected chi connectivity index (χ3v) is 4.28. The Kier molecular flexibility index (Phi) is 5.15. The number of benzene rings is 1. The molecule has 0 atom stereocenters. The van der Waals surface area contributed by atoms with Crippen molar-refractivity contribution in [2.45, 2.75) is 20.8 Å². The van der Waals surface area contributed by atoms with Gasteiger partial charge in [-0.25, -0.2) is 4.79 Å². The van der Waals surface area contributed by atoms with E-state index in [-0.39, 0.29) is 17.9 Å². The van der Waals surface area contributed by atoms with Gasteiger partial charge in [0.05, 0.1) is 6.54 Å². The second-order valence-corrected chi connectivity index (χ2v) is 6.25. The first-order valence-corrected chi connectivity index (χ1v) is 8.09. The maximum Gasteiger partial charge on any atom is 0.332 e. The quantitative estimate of drug-likeness (QED) is 0.817. The molecule has 0 spiro atoms. The molecule has 0 amide bonds. The first-order chi connectivity index (χ1) is 11.7. The van der Waals surface area contributed by atoms with E-state index in [0.717, 1.165) is 25.9 Å². The number of hydrogen-bond acceptors (Lipinski definition) is 5. The average Bonchev–Trinajstić information content (AvgIpc) is 2.55. The number of aryl methyl sites for hydroxylation is 2. The smallest absolute Gasteiger partial charge is 0.332 e. The van der Waals surface area contributed by atoms with Gasteiger partial charge in [0, 0.05) is 26.3 Å². The first kappa shape index (κ1) is 18.5. The van der Waals surface area contributed by atoms with Gasteiger partial charge < -0.3 is 10.6 Å². The number of aromatic nitrogens is 2. The molecule has 134 valence electrons. The minimum absolute atomic E-state index is 0.0109. The lowest BCUT2D eigenvalue weighted by Gasteiger charge is -2.23. The largest absolute Gasteiger partial charge is 0.384 e. The van der Waals surface area contributed by atoms with Gasteiger partial charge in [0.2, 0.25) is 0 Å². The number of hydrogen-bond donors (Lipinski definition) is 1. The number of carbonyl (C=O) groups is 1. The molecular weight excluding hydrogens is 320 g/mol. The van der Waals surface area contributed by atoms with Crippen LogP contribution < -0.4 is 21.9 Å². The summed E-state index contributed by atoms with van der Waals surface area (Å²) in [6, 6.07) is 6.04. The van der Waals surface area contributed by atoms with Crippen molar-refractivity contribution in [3.8, 4) is 0 Å². The Balaban J connectivity index is 2.45. The van der Waals surface area contributed by atoms with E-state index in [1.165, 1.54) is 14.1 Å². The van der Waals surface area contributed by atoms with Crippen molar-refractivity contribution < 1.29 is 4.79 Å². The molecule has 0 aliphatic carbocycles. The Morgan fingerprint density at radius 1 is 1.08 bits per heavy atom. The van der Waals surface area contributed by atoms with E-state index < -0.39 is 17.0 Å². The van der Waals surface area contributed by atoms with Crippen molar-refractivity contribution in [1.29, 1.82) is 0 Å². The Hall–Kier alpha value is -2.83. The summed E-state index contributed by atoms with van der Waals surface area (Å²) in [4.78, 5) is 38.9. The normalized spacial score (nSPS) is 10.8. The molecule has 2 N–H and O–H groups in total. The number of anilines is 2. The van der Waals surface area contributed by atoms with E-state index in [9.17, 15) is 14.4 Å². The maximum atomic E-state index is 12.8. The Bertz CT molecular complexity index is 920. The van der Waals surface area contributed by atoms with Crippen LogP contribution in [0.25, 0.3) is 0 Å². The van der Waals surface area contributed by atoms with Crippen molar-refractivity contribution in [3.05, 3.63) is 55.7 Å².